The van der Waals surface area contributed by atoms with Gasteiger partial charge in [-0.05, 0) is 49.4 Å². The van der Waals surface area contributed by atoms with Gasteiger partial charge in [0.05, 0.1) is 23.6 Å². The van der Waals surface area contributed by atoms with Crippen LogP contribution < -0.4 is 5.32 Å². The number of halogens is 1. The molecule has 7 nitrogen and oxygen atoms in total. The lowest BCUT2D eigenvalue weighted by Gasteiger charge is -2.17. The standard InChI is InChI=1S/C18H19FN2O5S/c1-3-26-18(23)13-7-9-16(10-8-13)27(24,25)21(2)12-17(22)20-15-6-4-5-14(19)11-15/h4-11H,3,12H2,1-2H3,(H,20,22). The van der Waals surface area contributed by atoms with Crippen molar-refractivity contribution in [3.63, 3.8) is 0 Å². The van der Waals surface area contributed by atoms with Gasteiger partial charge in [0.1, 0.15) is 5.82 Å². The fourth-order valence-corrected chi connectivity index (χ4v) is 3.34. The second-order valence-corrected chi connectivity index (χ2v) is 7.61. The van der Waals surface area contributed by atoms with E-state index in [0.29, 0.717) is 0 Å². The number of nitrogens with one attached hydrogen (secondary N) is 1. The van der Waals surface area contributed by atoms with Gasteiger partial charge in [0.25, 0.3) is 0 Å². The quantitative estimate of drug-likeness (QED) is 0.727. The Morgan fingerprint density at radius 1 is 1.15 bits per heavy atom. The summed E-state index contributed by atoms with van der Waals surface area (Å²) >= 11 is 0. The zero-order valence-corrected chi connectivity index (χ0v) is 15.6. The summed E-state index contributed by atoms with van der Waals surface area (Å²) in [6.07, 6.45) is 0. The minimum Gasteiger partial charge on any atom is -0.462 e. The maximum absolute atomic E-state index is 13.1. The molecular formula is C18H19FN2O5S. The monoisotopic (exact) mass is 394 g/mol. The summed E-state index contributed by atoms with van der Waals surface area (Å²) < 4.78 is 43.9. The highest BCUT2D eigenvalue weighted by molar-refractivity contribution is 7.89. The van der Waals surface area contributed by atoms with Crippen molar-refractivity contribution in [1.82, 2.24) is 4.31 Å². The number of benzene rings is 2. The molecule has 0 spiro atoms. The molecule has 1 amide bonds. The molecule has 0 aromatic heterocycles. The van der Waals surface area contributed by atoms with E-state index < -0.39 is 34.3 Å². The largest absolute Gasteiger partial charge is 0.462 e. The average molecular weight is 394 g/mol. The zero-order valence-electron chi connectivity index (χ0n) is 14.8. The lowest BCUT2D eigenvalue weighted by molar-refractivity contribution is -0.116. The summed E-state index contributed by atoms with van der Waals surface area (Å²) in [5.41, 5.74) is 0.451. The fraction of sp³-hybridized carbons (Fsp3) is 0.222. The van der Waals surface area contributed by atoms with E-state index in [4.69, 9.17) is 4.74 Å². The van der Waals surface area contributed by atoms with E-state index in [-0.39, 0.29) is 22.8 Å². The van der Waals surface area contributed by atoms with Crippen molar-refractivity contribution < 1.29 is 27.1 Å². The third kappa shape index (κ3) is 5.35. The number of carbonyl (C=O) groups is 2. The normalized spacial score (nSPS) is 11.3. The van der Waals surface area contributed by atoms with Crippen molar-refractivity contribution in [1.29, 1.82) is 0 Å². The summed E-state index contributed by atoms with van der Waals surface area (Å²) in [7, 11) is -2.69. The lowest BCUT2D eigenvalue weighted by atomic mass is 10.2. The molecular weight excluding hydrogens is 375 g/mol. The number of esters is 1. The summed E-state index contributed by atoms with van der Waals surface area (Å²) in [6.45, 7) is 1.42. The Hall–Kier alpha value is -2.78. The Bertz CT molecular complexity index is 929. The zero-order chi connectivity index (χ0) is 20.0. The number of hydrogen-bond donors (Lipinski definition) is 1. The number of ether oxygens (including phenoxy) is 1. The summed E-state index contributed by atoms with van der Waals surface area (Å²) in [6, 6.07) is 10.5. The molecule has 0 saturated carbocycles. The molecule has 0 fully saturated rings. The first kappa shape index (κ1) is 20.5. The van der Waals surface area contributed by atoms with Gasteiger partial charge in [-0.1, -0.05) is 6.07 Å². The highest BCUT2D eigenvalue weighted by atomic mass is 32.2. The summed E-state index contributed by atoms with van der Waals surface area (Å²) in [5.74, 6) is -1.69. The van der Waals surface area contributed by atoms with Crippen LogP contribution in [0.3, 0.4) is 0 Å². The first-order valence-electron chi connectivity index (χ1n) is 8.03. The molecule has 0 heterocycles. The predicted molar refractivity (Wildman–Crippen MR) is 97.2 cm³/mol. The molecule has 2 aromatic carbocycles. The molecule has 0 bridgehead atoms. The number of carbonyl (C=O) groups excluding carboxylic acids is 2. The number of amides is 1. The second kappa shape index (κ2) is 8.74. The summed E-state index contributed by atoms with van der Waals surface area (Å²) in [4.78, 5) is 23.6. The van der Waals surface area contributed by atoms with Crippen LogP contribution >= 0.6 is 0 Å². The van der Waals surface area contributed by atoms with E-state index >= 15 is 0 Å². The minimum absolute atomic E-state index is 0.0726. The van der Waals surface area contributed by atoms with Gasteiger partial charge in [-0.25, -0.2) is 17.6 Å². The molecule has 0 aliphatic rings. The molecule has 0 aliphatic carbocycles. The Morgan fingerprint density at radius 3 is 2.41 bits per heavy atom. The van der Waals surface area contributed by atoms with Crippen LogP contribution in [0.25, 0.3) is 0 Å². The van der Waals surface area contributed by atoms with Gasteiger partial charge in [0.15, 0.2) is 0 Å². The molecule has 0 radical (unpaired) electrons. The number of sulfonamides is 1. The minimum atomic E-state index is -3.94. The van der Waals surface area contributed by atoms with Gasteiger partial charge >= 0.3 is 5.97 Å². The lowest BCUT2D eigenvalue weighted by Crippen LogP contribution is -2.35. The number of likely N-dealkylation sites (N-methyl/N-ethyl adjacent to an activating group) is 1. The average Bonchev–Trinajstić information content (AvgIpc) is 2.61. The van der Waals surface area contributed by atoms with Gasteiger partial charge in [-0.2, -0.15) is 4.31 Å². The topological polar surface area (TPSA) is 92.8 Å². The van der Waals surface area contributed by atoms with Crippen LogP contribution in [0.4, 0.5) is 10.1 Å². The van der Waals surface area contributed by atoms with E-state index in [0.717, 1.165) is 10.4 Å². The van der Waals surface area contributed by atoms with E-state index in [2.05, 4.69) is 5.32 Å². The van der Waals surface area contributed by atoms with Crippen LogP contribution in [0.15, 0.2) is 53.4 Å². The number of nitrogens with zero attached hydrogens (tertiary/aromatic N) is 1. The van der Waals surface area contributed by atoms with Crippen molar-refractivity contribution in [2.24, 2.45) is 0 Å². The Kier molecular flexibility index (Phi) is 6.65. The van der Waals surface area contributed by atoms with Crippen LogP contribution in [0.1, 0.15) is 17.3 Å². The van der Waals surface area contributed by atoms with Crippen LogP contribution in [-0.4, -0.2) is 44.8 Å². The molecule has 2 rings (SSSR count). The molecule has 0 unspecified atom stereocenters. The van der Waals surface area contributed by atoms with E-state index in [1.807, 2.05) is 0 Å². The van der Waals surface area contributed by atoms with Gasteiger partial charge in [0.2, 0.25) is 15.9 Å². The fourth-order valence-electron chi connectivity index (χ4n) is 2.21. The number of anilines is 1. The van der Waals surface area contributed by atoms with Crippen LogP contribution in [0.5, 0.6) is 0 Å². The van der Waals surface area contributed by atoms with Crippen molar-refractivity contribution in [3.05, 3.63) is 59.9 Å². The van der Waals surface area contributed by atoms with Crippen LogP contribution in [0, 0.1) is 5.82 Å². The van der Waals surface area contributed by atoms with E-state index in [1.165, 1.54) is 49.5 Å². The first-order chi connectivity index (χ1) is 12.7. The SMILES string of the molecule is CCOC(=O)c1ccc(S(=O)(=O)N(C)CC(=O)Nc2cccc(F)c2)cc1. The maximum atomic E-state index is 13.1. The third-order valence-corrected chi connectivity index (χ3v) is 5.37. The molecule has 0 atom stereocenters. The van der Waals surface area contributed by atoms with Gasteiger partial charge in [-0.3, -0.25) is 4.79 Å². The molecule has 2 aromatic rings. The Labute approximate surface area is 156 Å². The van der Waals surface area contributed by atoms with Crippen molar-refractivity contribution in [2.45, 2.75) is 11.8 Å². The number of rotatable bonds is 7. The molecule has 0 saturated heterocycles. The molecule has 27 heavy (non-hydrogen) atoms. The van der Waals surface area contributed by atoms with E-state index in [1.54, 1.807) is 6.92 Å². The van der Waals surface area contributed by atoms with Crippen molar-refractivity contribution in [3.8, 4) is 0 Å². The first-order valence-corrected chi connectivity index (χ1v) is 9.47. The molecule has 9 heteroatoms. The third-order valence-electron chi connectivity index (χ3n) is 3.55. The molecule has 1 N–H and O–H groups in total. The maximum Gasteiger partial charge on any atom is 0.338 e. The van der Waals surface area contributed by atoms with E-state index in [9.17, 15) is 22.4 Å². The van der Waals surface area contributed by atoms with Gasteiger partial charge < -0.3 is 10.1 Å². The number of hydrogen-bond acceptors (Lipinski definition) is 5. The highest BCUT2D eigenvalue weighted by Gasteiger charge is 2.23. The van der Waals surface area contributed by atoms with Gasteiger partial charge in [0, 0.05) is 12.7 Å². The van der Waals surface area contributed by atoms with Crippen molar-refractivity contribution in [2.75, 3.05) is 25.5 Å². The predicted octanol–water partition coefficient (Wildman–Crippen LogP) is 2.26. The van der Waals surface area contributed by atoms with Gasteiger partial charge in [-0.15, -0.1) is 0 Å². The Morgan fingerprint density at radius 2 is 1.81 bits per heavy atom. The summed E-state index contributed by atoms with van der Waals surface area (Å²) in [5, 5.41) is 2.43. The second-order valence-electron chi connectivity index (χ2n) is 5.56. The smallest absolute Gasteiger partial charge is 0.338 e. The van der Waals surface area contributed by atoms with Crippen LogP contribution in [0.2, 0.25) is 0 Å². The molecule has 0 aliphatic heterocycles. The molecule has 144 valence electrons. The van der Waals surface area contributed by atoms with Crippen LogP contribution in [-0.2, 0) is 19.6 Å². The Balaban J connectivity index is 2.06. The highest BCUT2D eigenvalue weighted by Crippen LogP contribution is 2.16. The van der Waals surface area contributed by atoms with Crippen molar-refractivity contribution >= 4 is 27.6 Å².